The Kier molecular flexibility index (Phi) is 7.19. The van der Waals surface area contributed by atoms with Crippen molar-refractivity contribution >= 4 is 17.8 Å². The molecular weight excluding hydrogens is 264 g/mol. The zero-order valence-electron chi connectivity index (χ0n) is 14.3. The highest BCUT2D eigenvalue weighted by Gasteiger charge is 2.15. The van der Waals surface area contributed by atoms with Crippen molar-refractivity contribution < 1.29 is 0 Å². The number of hydrogen-bond acceptors (Lipinski definition) is 6. The molecule has 1 aromatic rings. The summed E-state index contributed by atoms with van der Waals surface area (Å²) < 4.78 is 0. The van der Waals surface area contributed by atoms with Gasteiger partial charge in [-0.3, -0.25) is 0 Å². The minimum Gasteiger partial charge on any atom is -0.354 e. The van der Waals surface area contributed by atoms with Crippen LogP contribution in [0.25, 0.3) is 0 Å². The van der Waals surface area contributed by atoms with E-state index in [4.69, 9.17) is 0 Å². The molecule has 2 N–H and O–H groups in total. The van der Waals surface area contributed by atoms with Gasteiger partial charge in [-0.1, -0.05) is 20.3 Å². The van der Waals surface area contributed by atoms with Gasteiger partial charge in [0.05, 0.1) is 0 Å². The van der Waals surface area contributed by atoms with E-state index in [1.165, 1.54) is 0 Å². The van der Waals surface area contributed by atoms with E-state index >= 15 is 0 Å². The summed E-state index contributed by atoms with van der Waals surface area (Å²) in [7, 11) is 0. The highest BCUT2D eigenvalue weighted by Crippen LogP contribution is 2.16. The van der Waals surface area contributed by atoms with Crippen LogP contribution < -0.4 is 15.5 Å². The lowest BCUT2D eigenvalue weighted by atomic mass is 10.0. The summed E-state index contributed by atoms with van der Waals surface area (Å²) in [5, 5.41) is 6.58. The van der Waals surface area contributed by atoms with Crippen LogP contribution in [0.3, 0.4) is 0 Å². The summed E-state index contributed by atoms with van der Waals surface area (Å²) in [5.74, 6) is 2.58. The van der Waals surface area contributed by atoms with Gasteiger partial charge in [0.15, 0.2) is 0 Å². The maximum atomic E-state index is 4.57. The number of rotatable bonds is 9. The van der Waals surface area contributed by atoms with E-state index in [1.807, 2.05) is 6.92 Å². The third-order valence-corrected chi connectivity index (χ3v) is 3.86. The van der Waals surface area contributed by atoms with Gasteiger partial charge >= 0.3 is 0 Å². The Hall–Kier alpha value is -1.59. The van der Waals surface area contributed by atoms with Gasteiger partial charge in [0, 0.05) is 25.7 Å². The fourth-order valence-corrected chi connectivity index (χ4v) is 2.01. The Balaban J connectivity index is 3.01. The molecule has 0 saturated carbocycles. The summed E-state index contributed by atoms with van der Waals surface area (Å²) in [4.78, 5) is 15.6. The predicted molar refractivity (Wildman–Crippen MR) is 90.1 cm³/mol. The topological polar surface area (TPSA) is 66.0 Å². The normalized spacial score (nSPS) is 13.6. The number of anilines is 3. The molecule has 120 valence electrons. The minimum absolute atomic E-state index is 0.330. The molecule has 6 heteroatoms. The molecule has 0 aliphatic heterocycles. The molecule has 0 aliphatic carbocycles. The molecule has 1 heterocycles. The van der Waals surface area contributed by atoms with E-state index in [9.17, 15) is 0 Å². The van der Waals surface area contributed by atoms with E-state index in [0.717, 1.165) is 32.0 Å². The first-order valence-corrected chi connectivity index (χ1v) is 8.06. The molecule has 0 amide bonds. The number of nitrogens with one attached hydrogen (secondary N) is 2. The maximum absolute atomic E-state index is 4.57. The van der Waals surface area contributed by atoms with E-state index in [2.05, 4.69) is 65.1 Å². The summed E-state index contributed by atoms with van der Waals surface area (Å²) in [5.41, 5.74) is 0. The second kappa shape index (κ2) is 8.64. The fourth-order valence-electron chi connectivity index (χ4n) is 2.01. The molecule has 0 aromatic carbocycles. The van der Waals surface area contributed by atoms with E-state index in [0.29, 0.717) is 23.9 Å². The largest absolute Gasteiger partial charge is 0.354 e. The first-order valence-electron chi connectivity index (χ1n) is 8.06. The second-order valence-corrected chi connectivity index (χ2v) is 5.30. The number of nitrogens with zero attached hydrogens (tertiary/aromatic N) is 4. The Morgan fingerprint density at radius 2 is 1.57 bits per heavy atom. The van der Waals surface area contributed by atoms with E-state index in [1.54, 1.807) is 0 Å². The van der Waals surface area contributed by atoms with Crippen LogP contribution in [0.2, 0.25) is 0 Å². The van der Waals surface area contributed by atoms with Crippen molar-refractivity contribution in [3.05, 3.63) is 0 Å². The van der Waals surface area contributed by atoms with E-state index < -0.39 is 0 Å². The standard InChI is InChI=1S/C15H30N6/c1-7-11(5)12(6)17-14-18-13(16-8-2)19-15(20-14)21(9-3)10-4/h11-12H,7-10H2,1-6H3,(H2,16,17,18,19,20). The van der Waals surface area contributed by atoms with Gasteiger partial charge in [-0.15, -0.1) is 0 Å². The molecule has 0 aliphatic rings. The fraction of sp³-hybridized carbons (Fsp3) is 0.800. The Bertz CT molecular complexity index is 419. The Morgan fingerprint density at radius 1 is 0.952 bits per heavy atom. The molecule has 2 atom stereocenters. The monoisotopic (exact) mass is 294 g/mol. The first kappa shape index (κ1) is 17.5. The quantitative estimate of drug-likeness (QED) is 0.730. The predicted octanol–water partition coefficient (Wildman–Crippen LogP) is 3.00. The van der Waals surface area contributed by atoms with Crippen LogP contribution in [0, 0.1) is 5.92 Å². The molecular formula is C15H30N6. The smallest absolute Gasteiger partial charge is 0.231 e. The van der Waals surface area contributed by atoms with Gasteiger partial charge in [0.25, 0.3) is 0 Å². The van der Waals surface area contributed by atoms with Gasteiger partial charge in [0.2, 0.25) is 17.8 Å². The van der Waals surface area contributed by atoms with Gasteiger partial charge < -0.3 is 15.5 Å². The zero-order valence-corrected chi connectivity index (χ0v) is 14.3. The van der Waals surface area contributed by atoms with Crippen molar-refractivity contribution in [3.63, 3.8) is 0 Å². The molecule has 2 unspecified atom stereocenters. The SMILES string of the molecule is CCNc1nc(NC(C)C(C)CC)nc(N(CC)CC)n1. The summed E-state index contributed by atoms with van der Waals surface area (Å²) >= 11 is 0. The molecule has 0 fully saturated rings. The summed E-state index contributed by atoms with van der Waals surface area (Å²) in [6, 6.07) is 0.330. The molecule has 21 heavy (non-hydrogen) atoms. The third kappa shape index (κ3) is 5.02. The highest BCUT2D eigenvalue weighted by atomic mass is 15.3. The molecule has 0 radical (unpaired) electrons. The minimum atomic E-state index is 0.330. The summed E-state index contributed by atoms with van der Waals surface area (Å²) in [6.07, 6.45) is 1.13. The van der Waals surface area contributed by atoms with Crippen LogP contribution in [0.4, 0.5) is 17.8 Å². The van der Waals surface area contributed by atoms with Crippen LogP contribution in [0.5, 0.6) is 0 Å². The summed E-state index contributed by atoms with van der Waals surface area (Å²) in [6.45, 7) is 15.4. The average molecular weight is 294 g/mol. The lowest BCUT2D eigenvalue weighted by Crippen LogP contribution is -2.28. The van der Waals surface area contributed by atoms with Gasteiger partial charge in [-0.2, -0.15) is 15.0 Å². The molecule has 0 saturated heterocycles. The van der Waals surface area contributed by atoms with Crippen LogP contribution in [-0.2, 0) is 0 Å². The lowest BCUT2D eigenvalue weighted by molar-refractivity contribution is 0.492. The van der Waals surface area contributed by atoms with Crippen LogP contribution in [0.1, 0.15) is 48.0 Å². The molecule has 0 spiro atoms. The maximum Gasteiger partial charge on any atom is 0.231 e. The van der Waals surface area contributed by atoms with Gasteiger partial charge in [-0.25, -0.2) is 0 Å². The molecule has 6 nitrogen and oxygen atoms in total. The zero-order chi connectivity index (χ0) is 15.8. The number of aromatic nitrogens is 3. The van der Waals surface area contributed by atoms with Crippen molar-refractivity contribution in [2.45, 2.75) is 54.0 Å². The van der Waals surface area contributed by atoms with Crippen LogP contribution >= 0.6 is 0 Å². The van der Waals surface area contributed by atoms with Crippen molar-refractivity contribution in [2.24, 2.45) is 5.92 Å². The highest BCUT2D eigenvalue weighted by molar-refractivity contribution is 5.44. The van der Waals surface area contributed by atoms with Crippen LogP contribution in [0.15, 0.2) is 0 Å². The van der Waals surface area contributed by atoms with Gasteiger partial charge in [-0.05, 0) is 33.6 Å². The van der Waals surface area contributed by atoms with Crippen molar-refractivity contribution in [2.75, 3.05) is 35.2 Å². The van der Waals surface area contributed by atoms with Crippen LogP contribution in [-0.4, -0.2) is 40.6 Å². The first-order chi connectivity index (χ1) is 10.0. The van der Waals surface area contributed by atoms with Crippen molar-refractivity contribution in [1.29, 1.82) is 0 Å². The van der Waals surface area contributed by atoms with Crippen molar-refractivity contribution in [1.82, 2.24) is 15.0 Å². The average Bonchev–Trinajstić information content (AvgIpc) is 2.47. The van der Waals surface area contributed by atoms with Crippen molar-refractivity contribution in [3.8, 4) is 0 Å². The molecule has 0 bridgehead atoms. The lowest BCUT2D eigenvalue weighted by Gasteiger charge is -2.23. The third-order valence-electron chi connectivity index (χ3n) is 3.86. The second-order valence-electron chi connectivity index (χ2n) is 5.30. The Labute approximate surface area is 128 Å². The van der Waals surface area contributed by atoms with E-state index in [-0.39, 0.29) is 0 Å². The molecule has 1 rings (SSSR count). The number of hydrogen-bond donors (Lipinski definition) is 2. The molecule has 1 aromatic heterocycles. The Morgan fingerprint density at radius 3 is 2.10 bits per heavy atom. The van der Waals surface area contributed by atoms with Gasteiger partial charge in [0.1, 0.15) is 0 Å².